The molecule has 0 saturated carbocycles. The van der Waals surface area contributed by atoms with Crippen LogP contribution in [-0.2, 0) is 6.54 Å². The van der Waals surface area contributed by atoms with Gasteiger partial charge in [-0.3, -0.25) is 0 Å². The lowest BCUT2D eigenvalue weighted by Gasteiger charge is -2.05. The van der Waals surface area contributed by atoms with Crippen molar-refractivity contribution >= 4 is 16.9 Å². The monoisotopic (exact) mass is 205 g/mol. The maximum Gasteiger partial charge on any atom is 0.163 e. The quantitative estimate of drug-likeness (QED) is 0.823. The minimum absolute atomic E-state index is 0.496. The fraction of sp³-hybridized carbons (Fsp3) is 0.500. The average Bonchev–Trinajstić information content (AvgIpc) is 2.59. The van der Waals surface area contributed by atoms with E-state index in [2.05, 4.69) is 28.9 Å². The fourth-order valence-electron chi connectivity index (χ4n) is 1.46. The van der Waals surface area contributed by atoms with Crippen LogP contribution < -0.4 is 5.73 Å². The Morgan fingerprint density at radius 1 is 1.40 bits per heavy atom. The highest BCUT2D eigenvalue weighted by Gasteiger charge is 2.07. The normalized spacial score (nSPS) is 11.4. The Labute approximate surface area is 88.3 Å². The Balaban J connectivity index is 2.33. The molecule has 0 bridgehead atoms. The molecule has 0 aliphatic rings. The van der Waals surface area contributed by atoms with Crippen LogP contribution in [0.5, 0.6) is 0 Å². The Hall–Kier alpha value is -1.65. The Morgan fingerprint density at radius 3 is 2.93 bits per heavy atom. The van der Waals surface area contributed by atoms with Crippen LogP contribution in [0.3, 0.4) is 0 Å². The number of hydrogen-bond donors (Lipinski definition) is 1. The third-order valence-electron chi connectivity index (χ3n) is 2.38. The summed E-state index contributed by atoms with van der Waals surface area (Å²) < 4.78 is 1.88. The summed E-state index contributed by atoms with van der Waals surface area (Å²) >= 11 is 0. The lowest BCUT2D eigenvalue weighted by atomic mass is 10.1. The molecule has 15 heavy (non-hydrogen) atoms. The van der Waals surface area contributed by atoms with Gasteiger partial charge >= 0.3 is 0 Å². The summed E-state index contributed by atoms with van der Waals surface area (Å²) in [4.78, 5) is 8.12. The van der Waals surface area contributed by atoms with E-state index in [1.807, 2.05) is 4.68 Å². The summed E-state index contributed by atoms with van der Waals surface area (Å²) in [6, 6.07) is 0. The summed E-state index contributed by atoms with van der Waals surface area (Å²) in [6.07, 6.45) is 4.29. The highest BCUT2D eigenvalue weighted by molar-refractivity contribution is 5.84. The number of anilines is 1. The SMILES string of the molecule is CC(C)CCn1ncc2c(N)ncnc21. The third-order valence-corrected chi connectivity index (χ3v) is 2.38. The first-order chi connectivity index (χ1) is 7.18. The Morgan fingerprint density at radius 2 is 2.20 bits per heavy atom. The molecule has 0 unspecified atom stereocenters. The highest BCUT2D eigenvalue weighted by Crippen LogP contribution is 2.16. The first kappa shape index (κ1) is 9.89. The fourth-order valence-corrected chi connectivity index (χ4v) is 1.46. The van der Waals surface area contributed by atoms with E-state index in [9.17, 15) is 0 Å². The van der Waals surface area contributed by atoms with E-state index in [4.69, 9.17) is 5.73 Å². The van der Waals surface area contributed by atoms with E-state index < -0.39 is 0 Å². The second kappa shape index (κ2) is 3.84. The molecule has 80 valence electrons. The van der Waals surface area contributed by atoms with E-state index in [1.165, 1.54) is 6.33 Å². The minimum atomic E-state index is 0.496. The third kappa shape index (κ3) is 1.91. The van der Waals surface area contributed by atoms with Gasteiger partial charge < -0.3 is 5.73 Å². The first-order valence-electron chi connectivity index (χ1n) is 5.10. The first-order valence-corrected chi connectivity index (χ1v) is 5.10. The van der Waals surface area contributed by atoms with E-state index in [1.54, 1.807) is 6.20 Å². The predicted molar refractivity (Wildman–Crippen MR) is 59.2 cm³/mol. The Kier molecular flexibility index (Phi) is 2.53. The largest absolute Gasteiger partial charge is 0.383 e. The van der Waals surface area contributed by atoms with Gasteiger partial charge in [-0.1, -0.05) is 13.8 Å². The molecule has 0 saturated heterocycles. The average molecular weight is 205 g/mol. The van der Waals surface area contributed by atoms with Crippen molar-refractivity contribution in [3.8, 4) is 0 Å². The summed E-state index contributed by atoms with van der Waals surface area (Å²) in [7, 11) is 0. The number of hydrogen-bond acceptors (Lipinski definition) is 4. The lowest BCUT2D eigenvalue weighted by Crippen LogP contribution is -2.04. The van der Waals surface area contributed by atoms with Crippen molar-refractivity contribution in [1.29, 1.82) is 0 Å². The topological polar surface area (TPSA) is 69.6 Å². The number of rotatable bonds is 3. The molecule has 0 radical (unpaired) electrons. The smallest absolute Gasteiger partial charge is 0.163 e. The highest BCUT2D eigenvalue weighted by atomic mass is 15.3. The summed E-state index contributed by atoms with van der Waals surface area (Å²) in [5.41, 5.74) is 6.54. The second-order valence-corrected chi connectivity index (χ2v) is 4.05. The van der Waals surface area contributed by atoms with Crippen LogP contribution in [0.4, 0.5) is 5.82 Å². The summed E-state index contributed by atoms with van der Waals surface area (Å²) in [5, 5.41) is 5.10. The maximum atomic E-state index is 5.72. The van der Waals surface area contributed by atoms with Crippen LogP contribution >= 0.6 is 0 Å². The molecule has 0 aromatic carbocycles. The molecule has 5 heteroatoms. The predicted octanol–water partition coefficient (Wildman–Crippen LogP) is 1.45. The molecule has 0 atom stereocenters. The number of fused-ring (bicyclic) bond motifs is 1. The Bertz CT molecular complexity index is 460. The minimum Gasteiger partial charge on any atom is -0.383 e. The van der Waals surface area contributed by atoms with Gasteiger partial charge in [-0.05, 0) is 12.3 Å². The summed E-state index contributed by atoms with van der Waals surface area (Å²) in [5.74, 6) is 1.15. The molecule has 5 nitrogen and oxygen atoms in total. The van der Waals surface area contributed by atoms with Gasteiger partial charge in [0.25, 0.3) is 0 Å². The molecule has 0 aliphatic heterocycles. The molecule has 0 spiro atoms. The molecule has 0 amide bonds. The number of nitrogens with zero attached hydrogens (tertiary/aromatic N) is 4. The summed E-state index contributed by atoms with van der Waals surface area (Å²) in [6.45, 7) is 5.25. The molecule has 2 N–H and O–H groups in total. The second-order valence-electron chi connectivity index (χ2n) is 4.05. The molecular formula is C10H15N5. The van der Waals surface area contributed by atoms with Crippen LogP contribution in [0.2, 0.25) is 0 Å². The number of nitrogens with two attached hydrogens (primary N) is 1. The van der Waals surface area contributed by atoms with Gasteiger partial charge in [-0.25, -0.2) is 14.6 Å². The molecular weight excluding hydrogens is 190 g/mol. The standard InChI is InChI=1S/C10H15N5/c1-7(2)3-4-15-10-8(5-14-15)9(11)12-6-13-10/h5-7H,3-4H2,1-2H3,(H2,11,12,13). The van der Waals surface area contributed by atoms with Crippen LogP contribution in [0.25, 0.3) is 11.0 Å². The number of aryl methyl sites for hydroxylation is 1. The van der Waals surface area contributed by atoms with Gasteiger partial charge in [-0.2, -0.15) is 5.10 Å². The molecule has 2 aromatic rings. The van der Waals surface area contributed by atoms with Gasteiger partial charge in [0.1, 0.15) is 12.1 Å². The van der Waals surface area contributed by atoms with Crippen LogP contribution in [0.15, 0.2) is 12.5 Å². The van der Waals surface area contributed by atoms with Crippen LogP contribution in [0.1, 0.15) is 20.3 Å². The van der Waals surface area contributed by atoms with Gasteiger partial charge in [0, 0.05) is 6.54 Å². The lowest BCUT2D eigenvalue weighted by molar-refractivity contribution is 0.494. The van der Waals surface area contributed by atoms with Crippen LogP contribution in [-0.4, -0.2) is 19.7 Å². The van der Waals surface area contributed by atoms with Crippen molar-refractivity contribution in [3.63, 3.8) is 0 Å². The van der Waals surface area contributed by atoms with Crippen molar-refractivity contribution in [3.05, 3.63) is 12.5 Å². The zero-order valence-electron chi connectivity index (χ0n) is 9.01. The van der Waals surface area contributed by atoms with E-state index >= 15 is 0 Å². The number of aromatic nitrogens is 4. The van der Waals surface area contributed by atoms with Crippen molar-refractivity contribution in [2.24, 2.45) is 5.92 Å². The van der Waals surface area contributed by atoms with Gasteiger partial charge in [0.2, 0.25) is 0 Å². The van der Waals surface area contributed by atoms with Gasteiger partial charge in [-0.15, -0.1) is 0 Å². The zero-order chi connectivity index (χ0) is 10.8. The molecule has 2 rings (SSSR count). The van der Waals surface area contributed by atoms with E-state index in [0.29, 0.717) is 11.7 Å². The van der Waals surface area contributed by atoms with E-state index in [0.717, 1.165) is 24.0 Å². The van der Waals surface area contributed by atoms with Crippen LogP contribution in [0, 0.1) is 5.92 Å². The van der Waals surface area contributed by atoms with Crippen molar-refractivity contribution in [2.45, 2.75) is 26.8 Å². The van der Waals surface area contributed by atoms with Crippen molar-refractivity contribution < 1.29 is 0 Å². The zero-order valence-corrected chi connectivity index (χ0v) is 9.01. The molecule has 0 aliphatic carbocycles. The number of nitrogen functional groups attached to an aromatic ring is 1. The van der Waals surface area contributed by atoms with E-state index in [-0.39, 0.29) is 0 Å². The molecule has 0 fully saturated rings. The van der Waals surface area contributed by atoms with Crippen molar-refractivity contribution in [2.75, 3.05) is 5.73 Å². The maximum absolute atomic E-state index is 5.72. The van der Waals surface area contributed by atoms with Crippen molar-refractivity contribution in [1.82, 2.24) is 19.7 Å². The van der Waals surface area contributed by atoms with Gasteiger partial charge in [0.05, 0.1) is 11.6 Å². The molecule has 2 aromatic heterocycles. The molecule has 2 heterocycles. The van der Waals surface area contributed by atoms with Gasteiger partial charge in [0.15, 0.2) is 5.65 Å².